The summed E-state index contributed by atoms with van der Waals surface area (Å²) in [6, 6.07) is -0.761. The van der Waals surface area contributed by atoms with Gasteiger partial charge in [-0.15, -0.1) is 0 Å². The molecule has 206 valence electrons. The Bertz CT molecular complexity index is 1120. The quantitative estimate of drug-likeness (QED) is 0.531. The van der Waals surface area contributed by atoms with Crippen LogP contribution in [0.1, 0.15) is 63.3 Å². The van der Waals surface area contributed by atoms with E-state index in [2.05, 4.69) is 10.3 Å². The lowest BCUT2D eigenvalue weighted by Gasteiger charge is -2.29. The Morgan fingerprint density at radius 2 is 1.95 bits per heavy atom. The molecule has 3 rings (SSSR count). The van der Waals surface area contributed by atoms with Crippen LogP contribution >= 0.6 is 0 Å². The van der Waals surface area contributed by atoms with E-state index in [0.717, 1.165) is 5.57 Å². The minimum absolute atomic E-state index is 0.00930. The number of hydrogen-bond acceptors (Lipinski definition) is 8. The van der Waals surface area contributed by atoms with Gasteiger partial charge in [-0.25, -0.2) is 9.78 Å². The molecule has 0 aromatic carbocycles. The van der Waals surface area contributed by atoms with E-state index in [0.29, 0.717) is 19.4 Å². The summed E-state index contributed by atoms with van der Waals surface area (Å²) in [6.45, 7) is 8.16. The van der Waals surface area contributed by atoms with Gasteiger partial charge in [0.2, 0.25) is 11.8 Å². The first-order valence-corrected chi connectivity index (χ1v) is 13.0. The number of Topliss-reactive ketones (excluding diaryl/α,β-unsaturated/α-hetero) is 1. The van der Waals surface area contributed by atoms with Gasteiger partial charge in [0.15, 0.2) is 5.69 Å². The number of allylic oxidation sites excluding steroid dienone is 2. The highest BCUT2D eigenvalue weighted by Gasteiger charge is 2.38. The van der Waals surface area contributed by atoms with E-state index >= 15 is 0 Å². The zero-order valence-corrected chi connectivity index (χ0v) is 22.4. The number of nitrogens with one attached hydrogen (secondary N) is 1. The van der Waals surface area contributed by atoms with Gasteiger partial charge in [0.25, 0.3) is 5.91 Å². The van der Waals surface area contributed by atoms with Gasteiger partial charge in [-0.05, 0) is 31.8 Å². The second-order valence-corrected chi connectivity index (χ2v) is 10.2. The lowest BCUT2D eigenvalue weighted by molar-refractivity contribution is -0.158. The Hall–Kier alpha value is -3.53. The molecule has 4 atom stereocenters. The number of amides is 2. The highest BCUT2D eigenvalue weighted by molar-refractivity contribution is 5.95. The van der Waals surface area contributed by atoms with Gasteiger partial charge in [0.1, 0.15) is 24.2 Å². The maximum absolute atomic E-state index is 13.2. The highest BCUT2D eigenvalue weighted by atomic mass is 16.5. The van der Waals surface area contributed by atoms with Crippen molar-refractivity contribution in [3.8, 4) is 0 Å². The number of aromatic nitrogens is 1. The number of cyclic esters (lactones) is 1. The van der Waals surface area contributed by atoms with Crippen LogP contribution < -0.4 is 5.32 Å². The van der Waals surface area contributed by atoms with E-state index in [1.807, 2.05) is 20.8 Å². The lowest BCUT2D eigenvalue weighted by atomic mass is 9.94. The average Bonchev–Trinajstić information content (AvgIpc) is 3.52. The molecule has 2 bridgehead atoms. The summed E-state index contributed by atoms with van der Waals surface area (Å²) >= 11 is 0. The summed E-state index contributed by atoms with van der Waals surface area (Å²) in [5.74, 6) is -1.76. The van der Waals surface area contributed by atoms with Crippen molar-refractivity contribution in [3.05, 3.63) is 53.8 Å². The molecule has 1 aromatic heterocycles. The standard InChI is InChI=1S/C28H37N3O7/c1-17(2)26-19(4)9-10-24(34)29-11-5-7-18(3)13-20(32)14-21(33)15-25-30-22(16-37-25)27(35)31-12-6-8-23(31)28(36)38-26/h5,7,9-10,13,16-17,19-20,23,26,32H,6,8,11-12,14-15H2,1-4H3,(H,29,34)/b7-5+,10-9+,18-13+/t19?,20?,23-,26?/m1/s1. The third-order valence-corrected chi connectivity index (χ3v) is 6.55. The van der Waals surface area contributed by atoms with E-state index in [1.54, 1.807) is 31.2 Å². The van der Waals surface area contributed by atoms with Crippen LogP contribution in [0, 0.1) is 11.8 Å². The topological polar surface area (TPSA) is 139 Å². The molecule has 2 N–H and O–H groups in total. The van der Waals surface area contributed by atoms with Crippen molar-refractivity contribution >= 4 is 23.6 Å². The molecule has 0 radical (unpaired) electrons. The van der Waals surface area contributed by atoms with Gasteiger partial charge in [-0.3, -0.25) is 14.4 Å². The van der Waals surface area contributed by atoms with Crippen molar-refractivity contribution in [3.63, 3.8) is 0 Å². The van der Waals surface area contributed by atoms with E-state index in [1.165, 1.54) is 17.2 Å². The molecule has 3 unspecified atom stereocenters. The number of aliphatic hydroxyl groups is 1. The summed E-state index contributed by atoms with van der Waals surface area (Å²) in [5.41, 5.74) is 0.739. The second kappa shape index (κ2) is 13.3. The van der Waals surface area contributed by atoms with Crippen molar-refractivity contribution in [2.24, 2.45) is 11.8 Å². The zero-order valence-electron chi connectivity index (χ0n) is 22.4. The van der Waals surface area contributed by atoms with Gasteiger partial charge in [-0.2, -0.15) is 0 Å². The van der Waals surface area contributed by atoms with Crippen LogP contribution in [0.15, 0.2) is 46.6 Å². The summed E-state index contributed by atoms with van der Waals surface area (Å²) in [6.07, 6.45) is 8.62. The van der Waals surface area contributed by atoms with Gasteiger partial charge < -0.3 is 24.5 Å². The first-order valence-electron chi connectivity index (χ1n) is 13.0. The van der Waals surface area contributed by atoms with Crippen LogP contribution in [0.2, 0.25) is 0 Å². The molecule has 10 nitrogen and oxygen atoms in total. The molecule has 0 spiro atoms. The fourth-order valence-electron chi connectivity index (χ4n) is 4.66. The Morgan fingerprint density at radius 3 is 2.68 bits per heavy atom. The predicted octanol–water partition coefficient (Wildman–Crippen LogP) is 2.53. The van der Waals surface area contributed by atoms with E-state index in [-0.39, 0.29) is 54.5 Å². The van der Waals surface area contributed by atoms with Crippen molar-refractivity contribution in [2.45, 2.75) is 71.6 Å². The summed E-state index contributed by atoms with van der Waals surface area (Å²) in [5, 5.41) is 13.0. The van der Waals surface area contributed by atoms with Crippen LogP contribution in [-0.4, -0.2) is 69.9 Å². The fourth-order valence-corrected chi connectivity index (χ4v) is 4.66. The number of rotatable bonds is 1. The molecule has 1 fully saturated rings. The van der Waals surface area contributed by atoms with Gasteiger partial charge in [-0.1, -0.05) is 50.6 Å². The Morgan fingerprint density at radius 1 is 1.18 bits per heavy atom. The average molecular weight is 528 g/mol. The summed E-state index contributed by atoms with van der Waals surface area (Å²) in [7, 11) is 0. The molecular formula is C28H37N3O7. The number of hydrogen-bond donors (Lipinski definition) is 2. The normalized spacial score (nSPS) is 29.7. The number of ketones is 1. The molecule has 38 heavy (non-hydrogen) atoms. The first-order chi connectivity index (χ1) is 18.0. The van der Waals surface area contributed by atoms with Crippen LogP contribution in [0.4, 0.5) is 0 Å². The van der Waals surface area contributed by atoms with Gasteiger partial charge in [0, 0.05) is 25.4 Å². The number of carbonyl (C=O) groups excluding carboxylic acids is 4. The number of oxazole rings is 1. The Kier molecular flexibility index (Phi) is 10.2. The van der Waals surface area contributed by atoms with E-state index in [4.69, 9.17) is 9.15 Å². The fraction of sp³-hybridized carbons (Fsp3) is 0.536. The summed E-state index contributed by atoms with van der Waals surface area (Å²) < 4.78 is 11.2. The van der Waals surface area contributed by atoms with Crippen LogP contribution in [0.25, 0.3) is 0 Å². The van der Waals surface area contributed by atoms with Crippen LogP contribution in [0.5, 0.6) is 0 Å². The number of carbonyl (C=O) groups is 4. The molecule has 3 heterocycles. The number of ether oxygens (including phenoxy) is 1. The van der Waals surface area contributed by atoms with Crippen molar-refractivity contribution < 1.29 is 33.4 Å². The Balaban J connectivity index is 1.85. The van der Waals surface area contributed by atoms with Crippen molar-refractivity contribution in [2.75, 3.05) is 13.1 Å². The molecule has 1 saturated heterocycles. The molecule has 0 aliphatic carbocycles. The van der Waals surface area contributed by atoms with Crippen LogP contribution in [-0.2, 0) is 25.5 Å². The number of esters is 1. The molecule has 2 amide bonds. The largest absolute Gasteiger partial charge is 0.460 e. The SMILES string of the molecule is CC1=C\C(O)CC(=O)Cc2nc(co2)C(=O)N2CCC[C@@H]2C(=O)OC(C(C)C)C(C)/C=C/C(=O)NC\C=C\1. The molecule has 10 heteroatoms. The molecule has 2 aliphatic rings. The Labute approximate surface area is 222 Å². The second-order valence-electron chi connectivity index (χ2n) is 10.2. The lowest BCUT2D eigenvalue weighted by Crippen LogP contribution is -2.44. The maximum Gasteiger partial charge on any atom is 0.329 e. The third kappa shape index (κ3) is 7.98. The minimum Gasteiger partial charge on any atom is -0.460 e. The number of fused-ring (bicyclic) bond motifs is 3. The van der Waals surface area contributed by atoms with Crippen LogP contribution in [0.3, 0.4) is 0 Å². The first kappa shape index (κ1) is 29.0. The zero-order chi connectivity index (χ0) is 27.8. The summed E-state index contributed by atoms with van der Waals surface area (Å²) in [4.78, 5) is 56.6. The monoisotopic (exact) mass is 527 g/mol. The molecule has 0 saturated carbocycles. The highest BCUT2D eigenvalue weighted by Crippen LogP contribution is 2.25. The number of aliphatic hydroxyl groups excluding tert-OH is 1. The molecule has 2 aliphatic heterocycles. The maximum atomic E-state index is 13.2. The van der Waals surface area contributed by atoms with Crippen molar-refractivity contribution in [1.29, 1.82) is 0 Å². The number of nitrogens with zero attached hydrogens (tertiary/aromatic N) is 2. The van der Waals surface area contributed by atoms with Crippen molar-refractivity contribution in [1.82, 2.24) is 15.2 Å². The molecular weight excluding hydrogens is 490 g/mol. The van der Waals surface area contributed by atoms with E-state index in [9.17, 15) is 24.3 Å². The van der Waals surface area contributed by atoms with Gasteiger partial charge >= 0.3 is 5.97 Å². The molecule has 1 aromatic rings. The third-order valence-electron chi connectivity index (χ3n) is 6.55. The predicted molar refractivity (Wildman–Crippen MR) is 139 cm³/mol. The smallest absolute Gasteiger partial charge is 0.329 e. The van der Waals surface area contributed by atoms with E-state index < -0.39 is 30.1 Å². The minimum atomic E-state index is -1.01. The van der Waals surface area contributed by atoms with Gasteiger partial charge in [0.05, 0.1) is 12.5 Å².